The summed E-state index contributed by atoms with van der Waals surface area (Å²) in [6.45, 7) is 2.86. The van der Waals surface area contributed by atoms with E-state index in [9.17, 15) is 0 Å². The third-order valence-electron chi connectivity index (χ3n) is 4.57. The van der Waals surface area contributed by atoms with Crippen molar-refractivity contribution < 1.29 is 0 Å². The van der Waals surface area contributed by atoms with Gasteiger partial charge in [0.15, 0.2) is 0 Å². The van der Waals surface area contributed by atoms with Crippen molar-refractivity contribution in [2.24, 2.45) is 5.73 Å². The SMILES string of the molecule is CCc1ccc(C(SCCN)(c2ccccc2)c2ccccc2)cc1. The maximum absolute atomic E-state index is 5.89. The Bertz CT molecular complexity index is 727. The fourth-order valence-corrected chi connectivity index (χ4v) is 4.62. The second-order valence-electron chi connectivity index (χ2n) is 6.10. The normalized spacial score (nSPS) is 11.4. The molecule has 0 aromatic heterocycles. The van der Waals surface area contributed by atoms with Gasteiger partial charge in [0.25, 0.3) is 0 Å². The lowest BCUT2D eigenvalue weighted by atomic mass is 9.83. The highest BCUT2D eigenvalue weighted by Crippen LogP contribution is 2.48. The number of hydrogen-bond donors (Lipinski definition) is 1. The molecule has 3 rings (SSSR count). The third kappa shape index (κ3) is 3.65. The Morgan fingerprint density at radius 2 is 1.20 bits per heavy atom. The molecule has 0 saturated heterocycles. The zero-order chi connectivity index (χ0) is 17.5. The van der Waals surface area contributed by atoms with Gasteiger partial charge in [-0.1, -0.05) is 91.9 Å². The van der Waals surface area contributed by atoms with Crippen LogP contribution in [0.2, 0.25) is 0 Å². The summed E-state index contributed by atoms with van der Waals surface area (Å²) < 4.78 is -0.242. The van der Waals surface area contributed by atoms with Crippen LogP contribution in [0, 0.1) is 0 Å². The molecular formula is C23H25NS. The van der Waals surface area contributed by atoms with Gasteiger partial charge in [0, 0.05) is 12.3 Å². The molecule has 3 aromatic carbocycles. The third-order valence-corrected chi connectivity index (χ3v) is 6.15. The average Bonchev–Trinajstić information content (AvgIpc) is 2.71. The van der Waals surface area contributed by atoms with E-state index in [1.54, 1.807) is 0 Å². The molecule has 0 heterocycles. The van der Waals surface area contributed by atoms with Gasteiger partial charge in [0.05, 0.1) is 4.75 Å². The van der Waals surface area contributed by atoms with E-state index in [0.29, 0.717) is 6.54 Å². The summed E-state index contributed by atoms with van der Waals surface area (Å²) in [7, 11) is 0. The standard InChI is InChI=1S/C23H25NS/c1-2-19-13-15-22(16-14-19)23(25-18-17-24,20-9-5-3-6-10-20)21-11-7-4-8-12-21/h3-16H,2,17-18,24H2,1H3. The molecule has 0 aliphatic rings. The molecule has 0 amide bonds. The smallest absolute Gasteiger partial charge is 0.0907 e. The van der Waals surface area contributed by atoms with Gasteiger partial charge in [-0.05, 0) is 28.7 Å². The van der Waals surface area contributed by atoms with Crippen LogP contribution in [0.15, 0.2) is 84.9 Å². The Morgan fingerprint density at radius 1 is 0.720 bits per heavy atom. The molecule has 0 aliphatic heterocycles. The molecule has 0 bridgehead atoms. The Labute approximate surface area is 155 Å². The molecule has 0 spiro atoms. The molecule has 2 N–H and O–H groups in total. The van der Waals surface area contributed by atoms with Crippen molar-refractivity contribution >= 4 is 11.8 Å². The number of aryl methyl sites for hydroxylation is 1. The van der Waals surface area contributed by atoms with Gasteiger partial charge in [-0.3, -0.25) is 0 Å². The molecule has 3 aromatic rings. The van der Waals surface area contributed by atoms with Gasteiger partial charge < -0.3 is 5.73 Å². The molecule has 0 fully saturated rings. The number of nitrogens with two attached hydrogens (primary N) is 1. The van der Waals surface area contributed by atoms with E-state index in [1.807, 2.05) is 11.8 Å². The van der Waals surface area contributed by atoms with E-state index < -0.39 is 0 Å². The van der Waals surface area contributed by atoms with E-state index in [4.69, 9.17) is 5.73 Å². The van der Waals surface area contributed by atoms with Crippen molar-refractivity contribution in [2.45, 2.75) is 18.1 Å². The molecule has 2 heteroatoms. The minimum atomic E-state index is -0.242. The second-order valence-corrected chi connectivity index (χ2v) is 7.41. The minimum absolute atomic E-state index is 0.242. The molecular weight excluding hydrogens is 322 g/mol. The van der Waals surface area contributed by atoms with E-state index in [1.165, 1.54) is 22.3 Å². The van der Waals surface area contributed by atoms with Gasteiger partial charge in [-0.2, -0.15) is 0 Å². The zero-order valence-corrected chi connectivity index (χ0v) is 15.5. The maximum atomic E-state index is 5.89. The molecule has 0 unspecified atom stereocenters. The first-order chi connectivity index (χ1) is 12.3. The molecule has 0 atom stereocenters. The molecule has 128 valence electrons. The molecule has 0 saturated carbocycles. The van der Waals surface area contributed by atoms with Gasteiger partial charge in [0.1, 0.15) is 0 Å². The maximum Gasteiger partial charge on any atom is 0.0907 e. The van der Waals surface area contributed by atoms with Gasteiger partial charge in [-0.15, -0.1) is 11.8 Å². The van der Waals surface area contributed by atoms with E-state index in [0.717, 1.165) is 12.2 Å². The van der Waals surface area contributed by atoms with E-state index in [2.05, 4.69) is 91.9 Å². The summed E-state index contributed by atoms with van der Waals surface area (Å²) in [6, 6.07) is 30.6. The lowest BCUT2D eigenvalue weighted by molar-refractivity contribution is 0.889. The Balaban J connectivity index is 2.23. The number of benzene rings is 3. The number of rotatable bonds is 7. The fourth-order valence-electron chi connectivity index (χ4n) is 3.28. The first-order valence-corrected chi connectivity index (χ1v) is 9.84. The average molecular weight is 348 g/mol. The van der Waals surface area contributed by atoms with Crippen LogP contribution in [0.3, 0.4) is 0 Å². The van der Waals surface area contributed by atoms with Gasteiger partial charge in [0.2, 0.25) is 0 Å². The fraction of sp³-hybridized carbons (Fsp3) is 0.217. The number of thioether (sulfide) groups is 1. The quantitative estimate of drug-likeness (QED) is 0.592. The van der Waals surface area contributed by atoms with Crippen molar-refractivity contribution in [3.05, 3.63) is 107 Å². The summed E-state index contributed by atoms with van der Waals surface area (Å²) >= 11 is 1.92. The largest absolute Gasteiger partial charge is 0.330 e. The highest BCUT2D eigenvalue weighted by atomic mass is 32.2. The summed E-state index contributed by atoms with van der Waals surface area (Å²) in [5, 5.41) is 0. The first kappa shape index (κ1) is 17.8. The predicted octanol–water partition coefficient (Wildman–Crippen LogP) is 5.23. The summed E-state index contributed by atoms with van der Waals surface area (Å²) in [6.07, 6.45) is 1.06. The van der Waals surface area contributed by atoms with Crippen molar-refractivity contribution in [3.8, 4) is 0 Å². The lowest BCUT2D eigenvalue weighted by Crippen LogP contribution is -2.27. The van der Waals surface area contributed by atoms with Crippen LogP contribution in [0.25, 0.3) is 0 Å². The van der Waals surface area contributed by atoms with Gasteiger partial charge in [-0.25, -0.2) is 0 Å². The van der Waals surface area contributed by atoms with Gasteiger partial charge >= 0.3 is 0 Å². The van der Waals surface area contributed by atoms with Crippen LogP contribution in [-0.2, 0) is 11.2 Å². The minimum Gasteiger partial charge on any atom is -0.330 e. The predicted molar refractivity (Wildman–Crippen MR) is 110 cm³/mol. The Hall–Kier alpha value is -2.03. The Morgan fingerprint density at radius 3 is 1.64 bits per heavy atom. The number of hydrogen-bond acceptors (Lipinski definition) is 2. The van der Waals surface area contributed by atoms with Crippen LogP contribution < -0.4 is 5.73 Å². The summed E-state index contributed by atoms with van der Waals surface area (Å²) in [5.41, 5.74) is 11.2. The van der Waals surface area contributed by atoms with Crippen molar-refractivity contribution in [1.29, 1.82) is 0 Å². The topological polar surface area (TPSA) is 26.0 Å². The highest BCUT2D eigenvalue weighted by molar-refractivity contribution is 8.00. The molecule has 25 heavy (non-hydrogen) atoms. The van der Waals surface area contributed by atoms with Crippen molar-refractivity contribution in [2.75, 3.05) is 12.3 Å². The van der Waals surface area contributed by atoms with Crippen LogP contribution >= 0.6 is 11.8 Å². The first-order valence-electron chi connectivity index (χ1n) is 8.85. The highest BCUT2D eigenvalue weighted by Gasteiger charge is 2.36. The van der Waals surface area contributed by atoms with E-state index in [-0.39, 0.29) is 4.75 Å². The van der Waals surface area contributed by atoms with Crippen LogP contribution in [-0.4, -0.2) is 12.3 Å². The Kier molecular flexibility index (Phi) is 5.95. The summed E-state index contributed by atoms with van der Waals surface area (Å²) in [5.74, 6) is 0.902. The monoisotopic (exact) mass is 347 g/mol. The second kappa shape index (κ2) is 8.37. The molecule has 0 radical (unpaired) electrons. The van der Waals surface area contributed by atoms with Crippen LogP contribution in [0.4, 0.5) is 0 Å². The molecule has 1 nitrogen and oxygen atoms in total. The van der Waals surface area contributed by atoms with E-state index >= 15 is 0 Å². The van der Waals surface area contributed by atoms with Crippen molar-refractivity contribution in [3.63, 3.8) is 0 Å². The van der Waals surface area contributed by atoms with Crippen LogP contribution in [0.1, 0.15) is 29.2 Å². The van der Waals surface area contributed by atoms with Crippen LogP contribution in [0.5, 0.6) is 0 Å². The lowest BCUT2D eigenvalue weighted by Gasteiger charge is -2.35. The molecule has 0 aliphatic carbocycles. The summed E-state index contributed by atoms with van der Waals surface area (Å²) in [4.78, 5) is 0. The zero-order valence-electron chi connectivity index (χ0n) is 14.7. The van der Waals surface area contributed by atoms with Crippen molar-refractivity contribution in [1.82, 2.24) is 0 Å².